The molecule has 0 radical (unpaired) electrons. The first-order valence-corrected chi connectivity index (χ1v) is 6.19. The van der Waals surface area contributed by atoms with Gasteiger partial charge < -0.3 is 15.8 Å². The van der Waals surface area contributed by atoms with E-state index < -0.39 is 0 Å². The van der Waals surface area contributed by atoms with Crippen molar-refractivity contribution in [2.24, 2.45) is 5.73 Å². The lowest BCUT2D eigenvalue weighted by molar-refractivity contribution is 0.102. The zero-order chi connectivity index (χ0) is 15.1. The van der Waals surface area contributed by atoms with E-state index in [0.29, 0.717) is 17.0 Å². The van der Waals surface area contributed by atoms with Gasteiger partial charge in [0.2, 0.25) is 0 Å². The largest absolute Gasteiger partial charge is 0.495 e. The number of amides is 1. The highest BCUT2D eigenvalue weighted by Gasteiger charge is 2.10. The number of rotatable bonds is 3. The van der Waals surface area contributed by atoms with Gasteiger partial charge in [-0.15, -0.1) is 0 Å². The Balaban J connectivity index is 2.27. The molecule has 0 saturated carbocycles. The van der Waals surface area contributed by atoms with Gasteiger partial charge in [-0.3, -0.25) is 4.79 Å². The van der Waals surface area contributed by atoms with Crippen molar-refractivity contribution in [3.8, 4) is 17.6 Å². The number of hydrogen-bond donors (Lipinski definition) is 2. The molecule has 106 valence electrons. The number of hydrogen-bond acceptors (Lipinski definition) is 5. The number of methoxy groups -OCH3 is 1. The number of benzene rings is 1. The molecule has 0 bridgehead atoms. The second kappa shape index (κ2) is 7.03. The molecular weight excluding hydrogens is 268 g/mol. The molecule has 0 fully saturated rings. The van der Waals surface area contributed by atoms with Gasteiger partial charge in [-0.05, 0) is 24.3 Å². The van der Waals surface area contributed by atoms with E-state index in [1.807, 2.05) is 0 Å². The van der Waals surface area contributed by atoms with Crippen molar-refractivity contribution >= 4 is 11.6 Å². The molecule has 0 saturated heterocycles. The van der Waals surface area contributed by atoms with Crippen LogP contribution in [-0.2, 0) is 0 Å². The van der Waals surface area contributed by atoms with Crippen molar-refractivity contribution in [3.05, 3.63) is 47.8 Å². The molecule has 6 nitrogen and oxygen atoms in total. The van der Waals surface area contributed by atoms with Crippen molar-refractivity contribution in [3.63, 3.8) is 0 Å². The van der Waals surface area contributed by atoms with Crippen molar-refractivity contribution in [1.29, 1.82) is 0 Å². The SMILES string of the molecule is COc1ccc(C#CCN)cc1NC(=O)c1ccnnc1. The topological polar surface area (TPSA) is 90.1 Å². The Kier molecular flexibility index (Phi) is 4.85. The summed E-state index contributed by atoms with van der Waals surface area (Å²) in [5.41, 5.74) is 7.03. The van der Waals surface area contributed by atoms with E-state index in [1.165, 1.54) is 19.5 Å². The van der Waals surface area contributed by atoms with Gasteiger partial charge in [0.1, 0.15) is 5.75 Å². The smallest absolute Gasteiger partial charge is 0.257 e. The summed E-state index contributed by atoms with van der Waals surface area (Å²) in [4.78, 5) is 12.1. The van der Waals surface area contributed by atoms with E-state index in [2.05, 4.69) is 27.4 Å². The molecule has 0 aliphatic heterocycles. The van der Waals surface area contributed by atoms with Crippen LogP contribution in [0.4, 0.5) is 5.69 Å². The summed E-state index contributed by atoms with van der Waals surface area (Å²) < 4.78 is 5.23. The van der Waals surface area contributed by atoms with E-state index in [-0.39, 0.29) is 12.5 Å². The lowest BCUT2D eigenvalue weighted by atomic mass is 10.1. The highest BCUT2D eigenvalue weighted by Crippen LogP contribution is 2.25. The molecule has 0 atom stereocenters. The average Bonchev–Trinajstić information content (AvgIpc) is 2.54. The third-order valence-corrected chi connectivity index (χ3v) is 2.63. The summed E-state index contributed by atoms with van der Waals surface area (Å²) in [6.45, 7) is 0.274. The van der Waals surface area contributed by atoms with Crippen molar-refractivity contribution in [2.45, 2.75) is 0 Å². The quantitative estimate of drug-likeness (QED) is 0.821. The minimum atomic E-state index is -0.299. The number of ether oxygens (including phenoxy) is 1. The Bertz CT molecular complexity index is 690. The number of nitrogens with one attached hydrogen (secondary N) is 1. The summed E-state index contributed by atoms with van der Waals surface area (Å²) >= 11 is 0. The van der Waals surface area contributed by atoms with Crippen LogP contribution in [0, 0.1) is 11.8 Å². The number of nitrogens with two attached hydrogens (primary N) is 1. The maximum absolute atomic E-state index is 12.1. The number of aromatic nitrogens is 2. The molecule has 1 aromatic carbocycles. The Morgan fingerprint density at radius 1 is 1.38 bits per heavy atom. The van der Waals surface area contributed by atoms with Crippen molar-refractivity contribution in [2.75, 3.05) is 19.0 Å². The molecule has 1 aromatic heterocycles. The molecule has 21 heavy (non-hydrogen) atoms. The Hall–Kier alpha value is -2.91. The summed E-state index contributed by atoms with van der Waals surface area (Å²) in [7, 11) is 1.53. The molecule has 0 unspecified atom stereocenters. The fourth-order valence-electron chi connectivity index (χ4n) is 1.66. The van der Waals surface area contributed by atoms with E-state index in [0.717, 1.165) is 5.56 Å². The number of carbonyl (C=O) groups excluding carboxylic acids is 1. The second-order valence-electron chi connectivity index (χ2n) is 4.01. The van der Waals surface area contributed by atoms with E-state index in [9.17, 15) is 4.79 Å². The molecule has 6 heteroatoms. The van der Waals surface area contributed by atoms with Crippen LogP contribution in [0.3, 0.4) is 0 Å². The minimum Gasteiger partial charge on any atom is -0.495 e. The first kappa shape index (κ1) is 14.5. The molecule has 0 aliphatic carbocycles. The zero-order valence-electron chi connectivity index (χ0n) is 11.5. The van der Waals surface area contributed by atoms with Gasteiger partial charge in [0.15, 0.2) is 0 Å². The summed E-state index contributed by atoms with van der Waals surface area (Å²) in [6.07, 6.45) is 2.84. The summed E-state index contributed by atoms with van der Waals surface area (Å²) in [6, 6.07) is 6.84. The molecule has 2 rings (SSSR count). The van der Waals surface area contributed by atoms with Crippen LogP contribution in [0.15, 0.2) is 36.7 Å². The maximum atomic E-state index is 12.1. The summed E-state index contributed by atoms with van der Waals surface area (Å²) in [5, 5.41) is 10.1. The van der Waals surface area contributed by atoms with Crippen LogP contribution in [0.25, 0.3) is 0 Å². The number of carbonyl (C=O) groups is 1. The summed E-state index contributed by atoms with van der Waals surface area (Å²) in [5.74, 6) is 5.91. The Morgan fingerprint density at radius 3 is 2.90 bits per heavy atom. The molecule has 1 amide bonds. The highest BCUT2D eigenvalue weighted by atomic mass is 16.5. The molecule has 0 aliphatic rings. The third kappa shape index (κ3) is 3.78. The van der Waals surface area contributed by atoms with Crippen LogP contribution in [0.1, 0.15) is 15.9 Å². The predicted octanol–water partition coefficient (Wildman–Crippen LogP) is 1.05. The van der Waals surface area contributed by atoms with Crippen LogP contribution in [0.2, 0.25) is 0 Å². The van der Waals surface area contributed by atoms with Crippen LogP contribution in [-0.4, -0.2) is 29.8 Å². The maximum Gasteiger partial charge on any atom is 0.257 e. The second-order valence-corrected chi connectivity index (χ2v) is 4.01. The first-order chi connectivity index (χ1) is 10.2. The van der Waals surface area contributed by atoms with Crippen molar-refractivity contribution in [1.82, 2.24) is 10.2 Å². The number of anilines is 1. The minimum absolute atomic E-state index is 0.274. The van der Waals surface area contributed by atoms with Gasteiger partial charge in [-0.25, -0.2) is 0 Å². The van der Waals surface area contributed by atoms with Gasteiger partial charge >= 0.3 is 0 Å². The van der Waals surface area contributed by atoms with Crippen LogP contribution in [0.5, 0.6) is 5.75 Å². The standard InChI is InChI=1S/C15H14N4O2/c1-21-14-5-4-11(3-2-7-16)9-13(14)19-15(20)12-6-8-17-18-10-12/h4-6,8-10H,7,16H2,1H3,(H,19,20). The molecule has 1 heterocycles. The lowest BCUT2D eigenvalue weighted by Gasteiger charge is -2.10. The van der Waals surface area contributed by atoms with Crippen molar-refractivity contribution < 1.29 is 9.53 Å². The average molecular weight is 282 g/mol. The predicted molar refractivity (Wildman–Crippen MR) is 78.9 cm³/mol. The molecule has 2 aromatic rings. The van der Waals surface area contributed by atoms with Gasteiger partial charge in [0, 0.05) is 5.56 Å². The Morgan fingerprint density at radius 2 is 2.24 bits per heavy atom. The first-order valence-electron chi connectivity index (χ1n) is 6.19. The number of nitrogens with zero attached hydrogens (tertiary/aromatic N) is 2. The normalized spacial score (nSPS) is 9.43. The van der Waals surface area contributed by atoms with Crippen LogP contribution < -0.4 is 15.8 Å². The lowest BCUT2D eigenvalue weighted by Crippen LogP contribution is -2.13. The molecule has 0 spiro atoms. The van der Waals surface area contributed by atoms with E-state index in [1.54, 1.807) is 24.3 Å². The van der Waals surface area contributed by atoms with Gasteiger partial charge in [-0.1, -0.05) is 11.8 Å². The fourth-order valence-corrected chi connectivity index (χ4v) is 1.66. The van der Waals surface area contributed by atoms with Crippen LogP contribution >= 0.6 is 0 Å². The van der Waals surface area contributed by atoms with Gasteiger partial charge in [0.05, 0.1) is 37.3 Å². The zero-order valence-corrected chi connectivity index (χ0v) is 11.5. The fraction of sp³-hybridized carbons (Fsp3) is 0.133. The monoisotopic (exact) mass is 282 g/mol. The third-order valence-electron chi connectivity index (χ3n) is 2.63. The van der Waals surface area contributed by atoms with Gasteiger partial charge in [-0.2, -0.15) is 10.2 Å². The Labute approximate surface area is 122 Å². The van der Waals surface area contributed by atoms with E-state index >= 15 is 0 Å². The molecular formula is C15H14N4O2. The van der Waals surface area contributed by atoms with E-state index in [4.69, 9.17) is 10.5 Å². The molecule has 3 N–H and O–H groups in total. The van der Waals surface area contributed by atoms with Gasteiger partial charge in [0.25, 0.3) is 5.91 Å². The highest BCUT2D eigenvalue weighted by molar-refractivity contribution is 6.04.